The molecule has 28 heavy (non-hydrogen) atoms. The molecule has 0 fully saturated rings. The van der Waals surface area contributed by atoms with E-state index >= 15 is 0 Å². The van der Waals surface area contributed by atoms with E-state index in [-0.39, 0.29) is 0 Å². The van der Waals surface area contributed by atoms with Gasteiger partial charge < -0.3 is 19.8 Å². The van der Waals surface area contributed by atoms with Crippen molar-refractivity contribution in [3.8, 4) is 11.5 Å². The van der Waals surface area contributed by atoms with Gasteiger partial charge in [0.2, 0.25) is 6.79 Å². The van der Waals surface area contributed by atoms with E-state index in [1.807, 2.05) is 24.4 Å². The number of anilines is 1. The Balaban J connectivity index is 1.36. The van der Waals surface area contributed by atoms with E-state index in [1.165, 1.54) is 11.1 Å². The second-order valence-corrected chi connectivity index (χ2v) is 6.69. The molecule has 0 aliphatic carbocycles. The lowest BCUT2D eigenvalue weighted by Crippen LogP contribution is -2.07. The summed E-state index contributed by atoms with van der Waals surface area (Å²) in [4.78, 5) is 16.0. The fourth-order valence-electron chi connectivity index (χ4n) is 3.38. The van der Waals surface area contributed by atoms with Crippen molar-refractivity contribution in [3.63, 3.8) is 0 Å². The Morgan fingerprint density at radius 2 is 1.89 bits per heavy atom. The number of nitrogens with one attached hydrogen (secondary N) is 2. The third-order valence-corrected chi connectivity index (χ3v) is 4.79. The molecular weight excluding hydrogens is 354 g/mol. The molecule has 0 spiro atoms. The molecule has 0 saturated carbocycles. The monoisotopic (exact) mass is 373 g/mol. The first kappa shape index (κ1) is 16.6. The minimum Gasteiger partial charge on any atom is -0.454 e. The smallest absolute Gasteiger partial charge is 0.231 e. The minimum atomic E-state index is 0.291. The van der Waals surface area contributed by atoms with Gasteiger partial charge >= 0.3 is 0 Å². The van der Waals surface area contributed by atoms with E-state index in [2.05, 4.69) is 43.5 Å². The van der Waals surface area contributed by atoms with Crippen molar-refractivity contribution in [2.45, 2.75) is 12.8 Å². The SMILES string of the molecule is c1nc(NCCc2cnc[nH]2)c2cc(Cc3ccc4c(c3)OCO4)ccc2n1. The van der Waals surface area contributed by atoms with Crippen molar-refractivity contribution in [3.05, 3.63) is 72.1 Å². The number of aromatic amines is 1. The Labute approximate surface area is 161 Å². The number of H-pyrrole nitrogens is 1. The highest BCUT2D eigenvalue weighted by Gasteiger charge is 2.13. The number of benzene rings is 2. The molecule has 4 aromatic rings. The number of hydrogen-bond donors (Lipinski definition) is 2. The van der Waals surface area contributed by atoms with Crippen molar-refractivity contribution < 1.29 is 9.47 Å². The maximum absolute atomic E-state index is 5.48. The molecule has 1 aliphatic heterocycles. The molecular formula is C21H19N5O2. The topological polar surface area (TPSA) is 85.0 Å². The van der Waals surface area contributed by atoms with E-state index in [9.17, 15) is 0 Å². The fraction of sp³-hybridized carbons (Fsp3) is 0.190. The highest BCUT2D eigenvalue weighted by Crippen LogP contribution is 2.33. The Morgan fingerprint density at radius 1 is 1.00 bits per heavy atom. The van der Waals surface area contributed by atoms with Gasteiger partial charge in [-0.3, -0.25) is 0 Å². The first-order valence-electron chi connectivity index (χ1n) is 9.18. The molecule has 2 aromatic heterocycles. The number of aromatic nitrogens is 4. The summed E-state index contributed by atoms with van der Waals surface area (Å²) in [6.07, 6.45) is 6.77. The van der Waals surface area contributed by atoms with Crippen molar-refractivity contribution >= 4 is 16.7 Å². The van der Waals surface area contributed by atoms with E-state index in [4.69, 9.17) is 9.47 Å². The van der Waals surface area contributed by atoms with Crippen LogP contribution < -0.4 is 14.8 Å². The zero-order valence-corrected chi connectivity index (χ0v) is 15.2. The van der Waals surface area contributed by atoms with Gasteiger partial charge in [-0.15, -0.1) is 0 Å². The molecule has 0 radical (unpaired) electrons. The third kappa shape index (κ3) is 3.34. The predicted molar refractivity (Wildman–Crippen MR) is 106 cm³/mol. The van der Waals surface area contributed by atoms with Crippen LogP contribution in [0.1, 0.15) is 16.8 Å². The minimum absolute atomic E-state index is 0.291. The molecule has 3 heterocycles. The number of ether oxygens (including phenoxy) is 2. The average molecular weight is 373 g/mol. The lowest BCUT2D eigenvalue weighted by molar-refractivity contribution is 0.174. The summed E-state index contributed by atoms with van der Waals surface area (Å²) in [6.45, 7) is 1.06. The van der Waals surface area contributed by atoms with Crippen LogP contribution in [0.2, 0.25) is 0 Å². The Hall–Kier alpha value is -3.61. The third-order valence-electron chi connectivity index (χ3n) is 4.79. The first-order valence-corrected chi connectivity index (χ1v) is 9.18. The highest BCUT2D eigenvalue weighted by molar-refractivity contribution is 5.89. The summed E-state index contributed by atoms with van der Waals surface area (Å²) in [5.74, 6) is 2.46. The van der Waals surface area contributed by atoms with Crippen molar-refractivity contribution in [2.24, 2.45) is 0 Å². The van der Waals surface area contributed by atoms with E-state index in [0.717, 1.165) is 53.3 Å². The van der Waals surface area contributed by atoms with Crippen LogP contribution in [0.25, 0.3) is 10.9 Å². The van der Waals surface area contributed by atoms with Gasteiger partial charge in [0.15, 0.2) is 11.5 Å². The lowest BCUT2D eigenvalue weighted by Gasteiger charge is -2.10. The Kier molecular flexibility index (Phi) is 4.25. The van der Waals surface area contributed by atoms with Gasteiger partial charge in [0.1, 0.15) is 12.1 Å². The number of rotatable bonds is 6. The maximum atomic E-state index is 5.48. The molecule has 0 bridgehead atoms. The van der Waals surface area contributed by atoms with Gasteiger partial charge in [0.25, 0.3) is 0 Å². The van der Waals surface area contributed by atoms with Crippen LogP contribution in [-0.4, -0.2) is 33.3 Å². The predicted octanol–water partition coefficient (Wildman–Crippen LogP) is 3.33. The van der Waals surface area contributed by atoms with E-state index in [0.29, 0.717) is 6.79 Å². The van der Waals surface area contributed by atoms with Crippen LogP contribution in [-0.2, 0) is 12.8 Å². The summed E-state index contributed by atoms with van der Waals surface area (Å²) in [5.41, 5.74) is 4.38. The van der Waals surface area contributed by atoms with Crippen molar-refractivity contribution in [2.75, 3.05) is 18.7 Å². The van der Waals surface area contributed by atoms with Gasteiger partial charge in [-0.05, 0) is 41.8 Å². The quantitative estimate of drug-likeness (QED) is 0.539. The summed E-state index contributed by atoms with van der Waals surface area (Å²) < 4.78 is 10.9. The molecule has 0 atom stereocenters. The largest absolute Gasteiger partial charge is 0.454 e. The molecule has 5 rings (SSSR count). The van der Waals surface area contributed by atoms with Gasteiger partial charge in [-0.1, -0.05) is 12.1 Å². The molecule has 0 amide bonds. The molecule has 7 nitrogen and oxygen atoms in total. The zero-order chi connectivity index (χ0) is 18.8. The summed E-state index contributed by atoms with van der Waals surface area (Å²) >= 11 is 0. The maximum Gasteiger partial charge on any atom is 0.231 e. The number of nitrogens with zero attached hydrogens (tertiary/aromatic N) is 3. The van der Waals surface area contributed by atoms with Crippen LogP contribution in [0.4, 0.5) is 5.82 Å². The molecule has 7 heteroatoms. The molecule has 0 unspecified atom stereocenters. The number of imidazole rings is 1. The van der Waals surface area contributed by atoms with Crippen LogP contribution >= 0.6 is 0 Å². The summed E-state index contributed by atoms with van der Waals surface area (Å²) in [5, 5.41) is 4.43. The highest BCUT2D eigenvalue weighted by atomic mass is 16.7. The summed E-state index contributed by atoms with van der Waals surface area (Å²) in [6, 6.07) is 12.4. The Bertz CT molecular complexity index is 1110. The molecule has 1 aliphatic rings. The second-order valence-electron chi connectivity index (χ2n) is 6.69. The second kappa shape index (κ2) is 7.19. The average Bonchev–Trinajstić information content (AvgIpc) is 3.40. The molecule has 2 N–H and O–H groups in total. The van der Waals surface area contributed by atoms with Gasteiger partial charge in [0.05, 0.1) is 11.8 Å². The number of hydrogen-bond acceptors (Lipinski definition) is 6. The fourth-order valence-corrected chi connectivity index (χ4v) is 3.38. The van der Waals surface area contributed by atoms with Crippen molar-refractivity contribution in [1.29, 1.82) is 0 Å². The molecule has 140 valence electrons. The van der Waals surface area contributed by atoms with Gasteiger partial charge in [0, 0.05) is 30.2 Å². The van der Waals surface area contributed by atoms with Crippen molar-refractivity contribution in [1.82, 2.24) is 19.9 Å². The van der Waals surface area contributed by atoms with Crippen LogP contribution in [0, 0.1) is 0 Å². The van der Waals surface area contributed by atoms with Gasteiger partial charge in [-0.2, -0.15) is 0 Å². The molecule has 2 aromatic carbocycles. The lowest BCUT2D eigenvalue weighted by atomic mass is 10.0. The standard InChI is InChI=1S/C21H19N5O2/c1-3-18-17(21(26-12-25-18)23-6-5-16-10-22-11-24-16)8-14(1)7-15-2-4-19-20(9-15)28-13-27-19/h1-4,8-12H,5-7,13H2,(H,22,24)(H,23,25,26). The van der Waals surface area contributed by atoms with Gasteiger partial charge in [-0.25, -0.2) is 15.0 Å². The normalized spacial score (nSPS) is 12.4. The summed E-state index contributed by atoms with van der Waals surface area (Å²) in [7, 11) is 0. The Morgan fingerprint density at radius 3 is 2.82 bits per heavy atom. The van der Waals surface area contributed by atoms with E-state index < -0.39 is 0 Å². The molecule has 0 saturated heterocycles. The zero-order valence-electron chi connectivity index (χ0n) is 15.2. The van der Waals surface area contributed by atoms with Crippen LogP contribution in [0.3, 0.4) is 0 Å². The number of fused-ring (bicyclic) bond motifs is 2. The first-order chi connectivity index (χ1) is 13.8. The van der Waals surface area contributed by atoms with E-state index in [1.54, 1.807) is 12.7 Å². The van der Waals surface area contributed by atoms with Crippen LogP contribution in [0.15, 0.2) is 55.2 Å². The van der Waals surface area contributed by atoms with Crippen LogP contribution in [0.5, 0.6) is 11.5 Å².